The van der Waals surface area contributed by atoms with Crippen LogP contribution in [0.3, 0.4) is 0 Å². The van der Waals surface area contributed by atoms with E-state index in [2.05, 4.69) is 112 Å². The molecule has 0 aliphatic rings. The molecule has 0 bridgehead atoms. The molecular formula is C48H44N4O5. The maximum Gasteiger partial charge on any atom is 0.162 e. The molecule has 57 heavy (non-hydrogen) atoms. The van der Waals surface area contributed by atoms with Gasteiger partial charge in [0.2, 0.25) is 0 Å². The Labute approximate surface area is 332 Å². The topological polar surface area (TPSA) is 97.7 Å². The predicted octanol–water partition coefficient (Wildman–Crippen LogP) is 10.1. The van der Waals surface area contributed by atoms with E-state index in [4.69, 9.17) is 23.7 Å². The second-order valence-electron chi connectivity index (χ2n) is 13.4. The van der Waals surface area contributed by atoms with Gasteiger partial charge in [0.15, 0.2) is 23.0 Å². The van der Waals surface area contributed by atoms with Gasteiger partial charge in [-0.1, -0.05) is 90.5 Å². The van der Waals surface area contributed by atoms with Crippen LogP contribution in [0.5, 0.6) is 28.7 Å². The number of nitrogens with zero attached hydrogens (tertiary/aromatic N) is 4. The lowest BCUT2D eigenvalue weighted by atomic mass is 9.99. The molecule has 0 unspecified atom stereocenters. The van der Waals surface area contributed by atoms with Crippen molar-refractivity contribution < 1.29 is 23.7 Å². The highest BCUT2D eigenvalue weighted by atomic mass is 16.5. The average Bonchev–Trinajstić information content (AvgIpc) is 3.26. The Hall–Kier alpha value is -7.00. The molecule has 2 heterocycles. The van der Waals surface area contributed by atoms with Crippen molar-refractivity contribution in [2.75, 3.05) is 35.5 Å². The summed E-state index contributed by atoms with van der Waals surface area (Å²) >= 11 is 0. The number of ether oxygens (including phenoxy) is 5. The van der Waals surface area contributed by atoms with Crippen LogP contribution >= 0.6 is 0 Å². The van der Waals surface area contributed by atoms with Crippen molar-refractivity contribution in [3.63, 3.8) is 0 Å². The van der Waals surface area contributed by atoms with Crippen molar-refractivity contribution in [2.24, 2.45) is 0 Å². The Bertz CT molecular complexity index is 2630. The van der Waals surface area contributed by atoms with Gasteiger partial charge < -0.3 is 23.7 Å². The molecule has 0 aliphatic carbocycles. The zero-order valence-electron chi connectivity index (χ0n) is 32.9. The summed E-state index contributed by atoms with van der Waals surface area (Å²) in [5.41, 5.74) is 11.9. The molecule has 0 amide bonds. The number of hydrogen-bond donors (Lipinski definition) is 0. The molecule has 9 heteroatoms. The Morgan fingerprint density at radius 3 is 1.25 bits per heavy atom. The highest BCUT2D eigenvalue weighted by Gasteiger charge is 2.14. The van der Waals surface area contributed by atoms with Crippen LogP contribution in [0.25, 0.3) is 44.1 Å². The first-order chi connectivity index (χ1) is 27.9. The van der Waals surface area contributed by atoms with Crippen LogP contribution < -0.4 is 23.7 Å². The van der Waals surface area contributed by atoms with Crippen molar-refractivity contribution in [3.05, 3.63) is 162 Å². The molecule has 9 nitrogen and oxygen atoms in total. The molecule has 8 aromatic rings. The van der Waals surface area contributed by atoms with Crippen LogP contribution in [0, 0.1) is 6.92 Å². The molecule has 8 rings (SSSR count). The maximum absolute atomic E-state index is 5.46. The molecule has 286 valence electrons. The molecule has 0 aliphatic heterocycles. The first kappa shape index (κ1) is 38.3. The molecular weight excluding hydrogens is 713 g/mol. The highest BCUT2D eigenvalue weighted by Crippen LogP contribution is 2.34. The summed E-state index contributed by atoms with van der Waals surface area (Å²) in [5.74, 6) is 3.52. The number of rotatable bonds is 11. The van der Waals surface area contributed by atoms with Gasteiger partial charge in [-0.15, -0.1) is 0 Å². The van der Waals surface area contributed by atoms with Crippen molar-refractivity contribution >= 4 is 21.8 Å². The molecule has 6 aromatic carbocycles. The maximum atomic E-state index is 5.46. The number of benzene rings is 6. The van der Waals surface area contributed by atoms with Crippen LogP contribution in [0.15, 0.2) is 134 Å². The summed E-state index contributed by atoms with van der Waals surface area (Å²) in [6, 6.07) is 41.4. The van der Waals surface area contributed by atoms with Gasteiger partial charge in [0.1, 0.15) is 18.4 Å². The summed E-state index contributed by atoms with van der Waals surface area (Å²) in [6.45, 7) is 2.10. The molecule has 0 atom stereocenters. The zero-order valence-corrected chi connectivity index (χ0v) is 32.9. The van der Waals surface area contributed by atoms with Gasteiger partial charge in [-0.05, 0) is 64.6 Å². The van der Waals surface area contributed by atoms with Crippen molar-refractivity contribution in [1.29, 1.82) is 0 Å². The first-order valence-corrected chi connectivity index (χ1v) is 18.5. The van der Waals surface area contributed by atoms with Crippen molar-refractivity contribution in [1.82, 2.24) is 19.9 Å². The van der Waals surface area contributed by atoms with Gasteiger partial charge in [0, 0.05) is 35.7 Å². The van der Waals surface area contributed by atoms with Gasteiger partial charge in [-0.3, -0.25) is 0 Å². The fourth-order valence-electron chi connectivity index (χ4n) is 6.79. The summed E-state index contributed by atoms with van der Waals surface area (Å²) < 4.78 is 26.9. The van der Waals surface area contributed by atoms with Gasteiger partial charge in [0.25, 0.3) is 0 Å². The van der Waals surface area contributed by atoms with E-state index in [9.17, 15) is 0 Å². The molecule has 0 fully saturated rings. The second kappa shape index (κ2) is 17.6. The van der Waals surface area contributed by atoms with E-state index in [1.165, 1.54) is 27.8 Å². The highest BCUT2D eigenvalue weighted by molar-refractivity contribution is 5.86. The van der Waals surface area contributed by atoms with E-state index < -0.39 is 0 Å². The number of aromatic nitrogens is 4. The minimum absolute atomic E-state index is 0.658. The summed E-state index contributed by atoms with van der Waals surface area (Å²) in [6.07, 6.45) is 4.61. The SMILES string of the molecule is COc1cc2ncnc(Cc3cccc(-c4ccc(C)cc4)c3)c2cc1OC.COc1ccc(-c2cccc(Cc3ncnc4cc(OC)c(OC)cc34)c2)cc1. The Morgan fingerprint density at radius 1 is 0.404 bits per heavy atom. The third-order valence-corrected chi connectivity index (χ3v) is 9.85. The molecule has 2 aromatic heterocycles. The fraction of sp³-hybridized carbons (Fsp3) is 0.167. The van der Waals surface area contributed by atoms with Gasteiger partial charge >= 0.3 is 0 Å². The lowest BCUT2D eigenvalue weighted by molar-refractivity contribution is 0.355. The van der Waals surface area contributed by atoms with Crippen molar-refractivity contribution in [2.45, 2.75) is 19.8 Å². The van der Waals surface area contributed by atoms with E-state index in [1.54, 1.807) is 48.2 Å². The van der Waals surface area contributed by atoms with Crippen LogP contribution in [0.1, 0.15) is 28.1 Å². The van der Waals surface area contributed by atoms with Crippen LogP contribution in [0.2, 0.25) is 0 Å². The lowest BCUT2D eigenvalue weighted by Crippen LogP contribution is -1.98. The van der Waals surface area contributed by atoms with Crippen molar-refractivity contribution in [3.8, 4) is 51.0 Å². The Balaban J connectivity index is 0.000000174. The minimum Gasteiger partial charge on any atom is -0.497 e. The zero-order chi connectivity index (χ0) is 39.7. The summed E-state index contributed by atoms with van der Waals surface area (Å²) in [5, 5.41) is 1.93. The third kappa shape index (κ3) is 8.79. The van der Waals surface area contributed by atoms with Gasteiger partial charge in [0.05, 0.1) is 58.0 Å². The van der Waals surface area contributed by atoms with Crippen LogP contribution in [-0.2, 0) is 12.8 Å². The quantitative estimate of drug-likeness (QED) is 0.128. The average molecular weight is 757 g/mol. The van der Waals surface area contributed by atoms with E-state index in [0.717, 1.165) is 50.1 Å². The molecule has 0 saturated heterocycles. The van der Waals surface area contributed by atoms with Crippen LogP contribution in [-0.4, -0.2) is 55.5 Å². The first-order valence-electron chi connectivity index (χ1n) is 18.5. The normalized spacial score (nSPS) is 10.8. The largest absolute Gasteiger partial charge is 0.497 e. The minimum atomic E-state index is 0.658. The van der Waals surface area contributed by atoms with Gasteiger partial charge in [-0.2, -0.15) is 0 Å². The Morgan fingerprint density at radius 2 is 0.825 bits per heavy atom. The number of methoxy groups -OCH3 is 5. The number of hydrogen-bond acceptors (Lipinski definition) is 9. The molecule has 0 saturated carbocycles. The molecule has 0 radical (unpaired) electrons. The van der Waals surface area contributed by atoms with E-state index in [-0.39, 0.29) is 0 Å². The monoisotopic (exact) mass is 756 g/mol. The standard InChI is InChI=1S/C24H22N2O3.C24H22N2O2/c1-27-19-9-7-17(8-10-19)18-6-4-5-16(11-18)12-21-20-13-23(28-2)24(29-3)14-22(20)26-15-25-21;1-16-7-9-18(10-8-16)19-6-4-5-17(11-19)12-21-20-13-23(27-2)24(28-3)14-22(20)26-15-25-21/h4-11,13-15H,12H2,1-3H3;4-11,13-15H,12H2,1-3H3. The third-order valence-electron chi connectivity index (χ3n) is 9.85. The molecule has 0 N–H and O–H groups in total. The predicted molar refractivity (Wildman–Crippen MR) is 226 cm³/mol. The van der Waals surface area contributed by atoms with Gasteiger partial charge in [-0.25, -0.2) is 19.9 Å². The lowest BCUT2D eigenvalue weighted by Gasteiger charge is -2.11. The molecule has 0 spiro atoms. The summed E-state index contributed by atoms with van der Waals surface area (Å²) in [4.78, 5) is 17.9. The smallest absolute Gasteiger partial charge is 0.162 e. The van der Waals surface area contributed by atoms with E-state index >= 15 is 0 Å². The van der Waals surface area contributed by atoms with E-state index in [1.807, 2.05) is 36.4 Å². The Kier molecular flexibility index (Phi) is 11.8. The number of aryl methyl sites for hydroxylation is 1. The van der Waals surface area contributed by atoms with Crippen LogP contribution in [0.4, 0.5) is 0 Å². The fourth-order valence-corrected chi connectivity index (χ4v) is 6.79. The summed E-state index contributed by atoms with van der Waals surface area (Å²) in [7, 11) is 8.19. The second-order valence-corrected chi connectivity index (χ2v) is 13.4. The van der Waals surface area contributed by atoms with E-state index in [0.29, 0.717) is 35.8 Å². The number of fused-ring (bicyclic) bond motifs is 2.